The molecule has 1 aliphatic heterocycles. The summed E-state index contributed by atoms with van der Waals surface area (Å²) in [5.74, 6) is -0.0832. The number of aliphatic hydroxyl groups is 1. The van der Waals surface area contributed by atoms with Gasteiger partial charge in [0.1, 0.15) is 0 Å². The molecule has 0 aromatic heterocycles. The van der Waals surface area contributed by atoms with Gasteiger partial charge in [0.15, 0.2) is 0 Å². The first-order chi connectivity index (χ1) is 18.4. The molecule has 0 aliphatic carbocycles. The van der Waals surface area contributed by atoms with Crippen molar-refractivity contribution in [1.29, 1.82) is 0 Å². The molecule has 1 heterocycles. The second-order valence-electron chi connectivity index (χ2n) is 9.53. The van der Waals surface area contributed by atoms with Crippen LogP contribution in [0.5, 0.6) is 0 Å². The van der Waals surface area contributed by atoms with Crippen LogP contribution >= 0.6 is 20.1 Å². The topological polar surface area (TPSA) is 90.9 Å². The molecular formula is C30H36IN3O4. The number of aliphatic hydroxyl groups excluding tert-OH is 1. The number of aryl methyl sites for hydroxylation is 1. The van der Waals surface area contributed by atoms with Gasteiger partial charge in [-0.05, 0) is 17.7 Å². The number of amides is 2. The van der Waals surface area contributed by atoms with Gasteiger partial charge in [-0.25, -0.2) is 0 Å². The van der Waals surface area contributed by atoms with E-state index in [9.17, 15) is 14.7 Å². The van der Waals surface area contributed by atoms with E-state index in [1.807, 2.05) is 48.5 Å². The molecule has 0 saturated carbocycles. The van der Waals surface area contributed by atoms with Crippen LogP contribution in [0.2, 0.25) is 0 Å². The van der Waals surface area contributed by atoms with Gasteiger partial charge in [-0.1, -0.05) is 12.1 Å². The van der Waals surface area contributed by atoms with Crippen molar-refractivity contribution in [2.45, 2.75) is 38.4 Å². The van der Waals surface area contributed by atoms with Crippen molar-refractivity contribution in [2.24, 2.45) is 0 Å². The van der Waals surface area contributed by atoms with E-state index in [4.69, 9.17) is 4.74 Å². The number of anilines is 2. The summed E-state index contributed by atoms with van der Waals surface area (Å²) >= 11 is -1.09. The molecule has 7 nitrogen and oxygen atoms in total. The summed E-state index contributed by atoms with van der Waals surface area (Å²) in [6.07, 6.45) is 2.32. The third-order valence-electron chi connectivity index (χ3n) is 6.55. The van der Waals surface area contributed by atoms with Gasteiger partial charge >= 0.3 is 170 Å². The van der Waals surface area contributed by atoms with Gasteiger partial charge in [-0.3, -0.25) is 4.79 Å². The second kappa shape index (κ2) is 13.7. The fraction of sp³-hybridized carbons (Fsp3) is 0.333. The Morgan fingerprint density at radius 2 is 1.74 bits per heavy atom. The van der Waals surface area contributed by atoms with Crippen molar-refractivity contribution in [3.8, 4) is 11.1 Å². The van der Waals surface area contributed by atoms with E-state index in [0.29, 0.717) is 24.2 Å². The number of ether oxygens (including phenoxy) is 1. The van der Waals surface area contributed by atoms with Crippen molar-refractivity contribution < 1.29 is 19.4 Å². The van der Waals surface area contributed by atoms with Crippen LogP contribution in [0.3, 0.4) is 0 Å². The van der Waals surface area contributed by atoms with Gasteiger partial charge in [-0.2, -0.15) is 0 Å². The zero-order valence-corrected chi connectivity index (χ0v) is 24.1. The maximum absolute atomic E-state index is 12.8. The minimum absolute atomic E-state index is 0.0283. The van der Waals surface area contributed by atoms with E-state index in [2.05, 4.69) is 23.6 Å². The Kier molecular flexibility index (Phi) is 10.1. The fourth-order valence-corrected chi connectivity index (χ4v) is 7.01. The van der Waals surface area contributed by atoms with Gasteiger partial charge in [0, 0.05) is 5.69 Å². The molecule has 2 amide bonds. The van der Waals surface area contributed by atoms with Crippen molar-refractivity contribution >= 4 is 43.5 Å². The Morgan fingerprint density at radius 3 is 2.45 bits per heavy atom. The molecule has 1 aliphatic rings. The summed E-state index contributed by atoms with van der Waals surface area (Å²) < 4.78 is 8.31. The normalized spacial score (nSPS) is 16.0. The standard InChI is InChI=1S/C30H36IN3O4/c1-31(2)34-18-6-9-26(20-34)38-30(37)33-28-16-12-22(19-27(28)24-7-4-3-5-8-24)13-17-29(36)32-25-14-10-23(21-35)11-15-25/h3-5,7-8,10-12,14-16,19,26,35H,6,9,13,17-18,20-21H2,1-2H3,(H,32,36)(H,33,37). The van der Waals surface area contributed by atoms with E-state index in [1.54, 1.807) is 24.3 Å². The van der Waals surface area contributed by atoms with Crippen LogP contribution in [-0.2, 0) is 22.6 Å². The van der Waals surface area contributed by atoms with Gasteiger partial charge in [0.05, 0.1) is 6.61 Å². The van der Waals surface area contributed by atoms with Crippen LogP contribution in [0.4, 0.5) is 16.2 Å². The van der Waals surface area contributed by atoms with Crippen molar-refractivity contribution in [3.05, 3.63) is 83.9 Å². The molecule has 38 heavy (non-hydrogen) atoms. The summed E-state index contributed by atoms with van der Waals surface area (Å²) in [5, 5.41) is 15.0. The monoisotopic (exact) mass is 629 g/mol. The predicted molar refractivity (Wildman–Crippen MR) is 162 cm³/mol. The Balaban J connectivity index is 1.41. The second-order valence-corrected chi connectivity index (χ2v) is 15.0. The molecule has 0 radical (unpaired) electrons. The van der Waals surface area contributed by atoms with Crippen LogP contribution in [0.25, 0.3) is 11.1 Å². The zero-order valence-electron chi connectivity index (χ0n) is 22.0. The van der Waals surface area contributed by atoms with Crippen LogP contribution in [0, 0.1) is 0 Å². The molecule has 4 rings (SSSR count). The molecule has 1 saturated heterocycles. The van der Waals surface area contributed by atoms with E-state index in [1.165, 1.54) is 0 Å². The van der Waals surface area contributed by atoms with Gasteiger partial charge in [0.2, 0.25) is 5.91 Å². The summed E-state index contributed by atoms with van der Waals surface area (Å²) in [4.78, 5) is 30.0. The maximum atomic E-state index is 12.8. The summed E-state index contributed by atoms with van der Waals surface area (Å²) in [6, 6.07) is 22.9. The SMILES string of the molecule is CI(C)N1CCCC(OC(=O)Nc2ccc(CCC(=O)Nc3ccc(CO)cc3)cc2-c2ccccc2)C1. The number of hydrogen-bond donors (Lipinski definition) is 3. The Hall–Kier alpha value is -2.95. The summed E-state index contributed by atoms with van der Waals surface area (Å²) in [5.41, 5.74) is 5.05. The Labute approximate surface area is 232 Å². The first-order valence-electron chi connectivity index (χ1n) is 12.8. The van der Waals surface area contributed by atoms with E-state index in [-0.39, 0.29) is 18.6 Å². The molecule has 0 bridgehead atoms. The quantitative estimate of drug-likeness (QED) is 0.151. The number of halogens is 1. The van der Waals surface area contributed by atoms with Crippen LogP contribution in [-0.4, -0.2) is 49.3 Å². The van der Waals surface area contributed by atoms with E-state index < -0.39 is 26.2 Å². The minimum atomic E-state index is -1.09. The molecular weight excluding hydrogens is 593 g/mol. The molecule has 1 atom stereocenters. The molecule has 3 aromatic rings. The molecule has 0 spiro atoms. The van der Waals surface area contributed by atoms with Crippen LogP contribution in [0.1, 0.15) is 30.4 Å². The van der Waals surface area contributed by atoms with Gasteiger partial charge in [0.25, 0.3) is 0 Å². The Bertz CT molecular complexity index is 1220. The number of rotatable bonds is 9. The predicted octanol–water partition coefficient (Wildman–Crippen LogP) is 6.11. The first kappa shape index (κ1) is 28.1. The number of benzene rings is 3. The Morgan fingerprint density at radius 1 is 1.00 bits per heavy atom. The van der Waals surface area contributed by atoms with Crippen molar-refractivity contribution in [1.82, 2.24) is 3.11 Å². The summed E-state index contributed by atoms with van der Waals surface area (Å²) in [6.45, 7) is 1.90. The molecule has 8 heteroatoms. The average Bonchev–Trinajstić information content (AvgIpc) is 2.93. The third-order valence-corrected chi connectivity index (χ3v) is 10.2. The van der Waals surface area contributed by atoms with Crippen molar-refractivity contribution in [3.63, 3.8) is 0 Å². The zero-order chi connectivity index (χ0) is 26.9. The van der Waals surface area contributed by atoms with E-state index in [0.717, 1.165) is 48.2 Å². The number of carbonyl (C=O) groups excluding carboxylic acids is 2. The first-order valence-corrected chi connectivity index (χ1v) is 18.1. The van der Waals surface area contributed by atoms with Crippen molar-refractivity contribution in [2.75, 3.05) is 33.6 Å². The number of nitrogens with one attached hydrogen (secondary N) is 2. The number of alkyl halides is 2. The van der Waals surface area contributed by atoms with Gasteiger partial charge in [-0.15, -0.1) is 0 Å². The molecule has 3 aromatic carbocycles. The van der Waals surface area contributed by atoms with Gasteiger partial charge < -0.3 is 10.4 Å². The van der Waals surface area contributed by atoms with Crippen LogP contribution in [0.15, 0.2) is 72.8 Å². The third kappa shape index (κ3) is 8.02. The number of piperidine rings is 1. The molecule has 202 valence electrons. The molecule has 3 N–H and O–H groups in total. The fourth-order valence-electron chi connectivity index (χ4n) is 4.48. The molecule has 1 fully saturated rings. The van der Waals surface area contributed by atoms with E-state index >= 15 is 0 Å². The number of hydrogen-bond acceptors (Lipinski definition) is 5. The van der Waals surface area contributed by atoms with Crippen LogP contribution < -0.4 is 10.6 Å². The number of carbonyl (C=O) groups is 2. The summed E-state index contributed by atoms with van der Waals surface area (Å²) in [7, 11) is 0. The average molecular weight is 630 g/mol. The number of nitrogens with zero attached hydrogens (tertiary/aromatic N) is 1. The molecule has 1 unspecified atom stereocenters.